The maximum atomic E-state index is 13.0. The minimum Gasteiger partial charge on any atom is -0.507 e. The average Bonchev–Trinajstić information content (AvgIpc) is 2.69. The lowest BCUT2D eigenvalue weighted by Crippen LogP contribution is -2.22. The number of aromatic nitrogens is 2. The molecule has 0 amide bonds. The lowest BCUT2D eigenvalue weighted by Gasteiger charge is -2.09. The Balaban J connectivity index is 1.91. The van der Waals surface area contributed by atoms with Gasteiger partial charge in [0.05, 0.1) is 17.1 Å². The van der Waals surface area contributed by atoms with Gasteiger partial charge in [-0.25, -0.2) is 4.98 Å². The number of aromatic hydroxyl groups is 1. The van der Waals surface area contributed by atoms with Crippen molar-refractivity contribution in [3.63, 3.8) is 0 Å². The molecule has 4 rings (SSSR count). The number of fused-ring (bicyclic) bond motifs is 2. The topological polar surface area (TPSA) is 67.5 Å². The number of phenols is 1. The molecule has 0 aliphatic carbocycles. The molecule has 0 radical (unpaired) electrons. The van der Waals surface area contributed by atoms with Gasteiger partial charge < -0.3 is 5.11 Å². The predicted octanol–water partition coefficient (Wildman–Crippen LogP) is 4.85. The first kappa shape index (κ1) is 18.4. The minimum atomic E-state index is -0.215. The van der Waals surface area contributed by atoms with Gasteiger partial charge in [-0.3, -0.25) is 4.79 Å². The quantitative estimate of drug-likeness (QED) is 0.465. The molecule has 0 saturated carbocycles. The fourth-order valence-electron chi connectivity index (χ4n) is 3.24. The van der Waals surface area contributed by atoms with Gasteiger partial charge in [-0.2, -0.15) is 9.78 Å². The van der Waals surface area contributed by atoms with Crippen LogP contribution in [0.5, 0.6) is 5.75 Å². The molecule has 0 unspecified atom stereocenters. The van der Waals surface area contributed by atoms with E-state index in [0.717, 1.165) is 21.7 Å². The molecule has 1 heterocycles. The van der Waals surface area contributed by atoms with Crippen LogP contribution in [-0.2, 0) is 6.42 Å². The predicted molar refractivity (Wildman–Crippen MR) is 116 cm³/mol. The normalized spacial score (nSPS) is 11.6. The molecule has 0 aliphatic heterocycles. The van der Waals surface area contributed by atoms with Crippen LogP contribution in [0, 0.1) is 0 Å². The highest BCUT2D eigenvalue weighted by Crippen LogP contribution is 2.28. The number of aryl methyl sites for hydroxylation is 1. The number of hydrogen-bond donors (Lipinski definition) is 1. The van der Waals surface area contributed by atoms with Crippen molar-refractivity contribution in [3.05, 3.63) is 80.8 Å². The van der Waals surface area contributed by atoms with Gasteiger partial charge >= 0.3 is 0 Å². The fraction of sp³-hybridized carbons (Fsp3) is 0.136. The van der Waals surface area contributed by atoms with Crippen molar-refractivity contribution in [2.45, 2.75) is 19.8 Å². The van der Waals surface area contributed by atoms with Crippen LogP contribution in [0.2, 0.25) is 0 Å². The first-order valence-corrected chi connectivity index (χ1v) is 9.84. The highest BCUT2D eigenvalue weighted by molar-refractivity contribution is 9.10. The second kappa shape index (κ2) is 7.56. The second-order valence-corrected chi connectivity index (χ2v) is 7.44. The fourth-order valence-corrected chi connectivity index (χ4v) is 3.62. The zero-order chi connectivity index (χ0) is 19.7. The maximum absolute atomic E-state index is 13.0. The standard InChI is InChI=1S/C22H18BrN3O2/c1-2-5-21-25-19-7-4-3-6-17(19)22(28)26(21)24-13-18-16-10-9-15(23)12-14(16)8-11-20(18)27/h3-4,6-13,27H,2,5H2,1H3/b24-13-. The Hall–Kier alpha value is -2.99. The van der Waals surface area contributed by atoms with Crippen LogP contribution in [0.3, 0.4) is 0 Å². The van der Waals surface area contributed by atoms with Crippen molar-refractivity contribution in [1.29, 1.82) is 0 Å². The molecule has 0 aliphatic rings. The number of hydrogen-bond acceptors (Lipinski definition) is 4. The molecule has 140 valence electrons. The van der Waals surface area contributed by atoms with Gasteiger partial charge in [0.15, 0.2) is 0 Å². The summed E-state index contributed by atoms with van der Waals surface area (Å²) in [5, 5.41) is 17.1. The van der Waals surface area contributed by atoms with Crippen molar-refractivity contribution in [3.8, 4) is 5.75 Å². The molecule has 0 saturated heterocycles. The summed E-state index contributed by atoms with van der Waals surface area (Å²) in [4.78, 5) is 17.6. The van der Waals surface area contributed by atoms with Crippen LogP contribution in [0.4, 0.5) is 0 Å². The molecule has 1 N–H and O–H groups in total. The Labute approximate surface area is 170 Å². The maximum Gasteiger partial charge on any atom is 0.282 e. The third-order valence-corrected chi connectivity index (χ3v) is 5.09. The molecule has 0 atom stereocenters. The lowest BCUT2D eigenvalue weighted by molar-refractivity contribution is 0.475. The number of phenolic OH excluding ortho intramolecular Hbond substituents is 1. The van der Waals surface area contributed by atoms with E-state index in [1.807, 2.05) is 49.4 Å². The lowest BCUT2D eigenvalue weighted by atomic mass is 10.0. The van der Waals surface area contributed by atoms with Crippen molar-refractivity contribution in [2.24, 2.45) is 5.10 Å². The first-order valence-electron chi connectivity index (χ1n) is 9.04. The van der Waals surface area contributed by atoms with E-state index in [1.54, 1.807) is 12.1 Å². The Morgan fingerprint density at radius 3 is 2.79 bits per heavy atom. The number of para-hydroxylation sites is 1. The van der Waals surface area contributed by atoms with Crippen molar-refractivity contribution >= 4 is 43.8 Å². The van der Waals surface area contributed by atoms with Gasteiger partial charge in [0, 0.05) is 16.5 Å². The van der Waals surface area contributed by atoms with E-state index in [-0.39, 0.29) is 11.3 Å². The molecular formula is C22H18BrN3O2. The zero-order valence-corrected chi connectivity index (χ0v) is 16.8. The van der Waals surface area contributed by atoms with Crippen LogP contribution in [-0.4, -0.2) is 21.0 Å². The number of halogens is 1. The van der Waals surface area contributed by atoms with Gasteiger partial charge in [-0.1, -0.05) is 47.1 Å². The van der Waals surface area contributed by atoms with E-state index in [9.17, 15) is 9.90 Å². The highest BCUT2D eigenvalue weighted by Gasteiger charge is 2.11. The summed E-state index contributed by atoms with van der Waals surface area (Å²) in [6.07, 6.45) is 3.00. The van der Waals surface area contributed by atoms with Gasteiger partial charge in [0.2, 0.25) is 0 Å². The molecule has 6 heteroatoms. The molecule has 0 bridgehead atoms. The molecule has 5 nitrogen and oxygen atoms in total. The van der Waals surface area contributed by atoms with Gasteiger partial charge in [-0.15, -0.1) is 0 Å². The van der Waals surface area contributed by atoms with Crippen molar-refractivity contribution in [1.82, 2.24) is 9.66 Å². The number of nitrogens with zero attached hydrogens (tertiary/aromatic N) is 3. The van der Waals surface area contributed by atoms with Gasteiger partial charge in [-0.05, 0) is 47.5 Å². The molecule has 4 aromatic rings. The molecule has 28 heavy (non-hydrogen) atoms. The molecular weight excluding hydrogens is 418 g/mol. The first-order chi connectivity index (χ1) is 13.6. The monoisotopic (exact) mass is 435 g/mol. The largest absolute Gasteiger partial charge is 0.507 e. The Bertz CT molecular complexity index is 1280. The van der Waals surface area contributed by atoms with E-state index in [1.165, 1.54) is 10.9 Å². The van der Waals surface area contributed by atoms with E-state index in [2.05, 4.69) is 26.0 Å². The Kier molecular flexibility index (Phi) is 4.96. The van der Waals surface area contributed by atoms with Gasteiger partial charge in [0.25, 0.3) is 5.56 Å². The van der Waals surface area contributed by atoms with Crippen LogP contribution in [0.15, 0.2) is 69.0 Å². The molecule has 0 fully saturated rings. The third kappa shape index (κ3) is 3.31. The van der Waals surface area contributed by atoms with Gasteiger partial charge in [0.1, 0.15) is 11.6 Å². The van der Waals surface area contributed by atoms with E-state index in [4.69, 9.17) is 0 Å². The molecule has 0 spiro atoms. The molecule has 1 aromatic heterocycles. The number of rotatable bonds is 4. The summed E-state index contributed by atoms with van der Waals surface area (Å²) in [6.45, 7) is 2.03. The summed E-state index contributed by atoms with van der Waals surface area (Å²) in [5.74, 6) is 0.710. The zero-order valence-electron chi connectivity index (χ0n) is 15.3. The summed E-state index contributed by atoms with van der Waals surface area (Å²) in [6, 6.07) is 16.5. The van der Waals surface area contributed by atoms with Crippen LogP contribution < -0.4 is 5.56 Å². The van der Waals surface area contributed by atoms with Crippen LogP contribution in [0.1, 0.15) is 24.7 Å². The van der Waals surface area contributed by atoms with E-state index >= 15 is 0 Å². The summed E-state index contributed by atoms with van der Waals surface area (Å²) in [5.41, 5.74) is 1.01. The van der Waals surface area contributed by atoms with Crippen molar-refractivity contribution < 1.29 is 5.11 Å². The Morgan fingerprint density at radius 1 is 1.14 bits per heavy atom. The van der Waals surface area contributed by atoms with E-state index < -0.39 is 0 Å². The second-order valence-electron chi connectivity index (χ2n) is 6.52. The average molecular weight is 436 g/mol. The Morgan fingerprint density at radius 2 is 1.96 bits per heavy atom. The SMILES string of the molecule is CCCc1nc2ccccc2c(=O)n1/N=C\c1c(O)ccc2cc(Br)ccc12. The van der Waals surface area contributed by atoms with Crippen molar-refractivity contribution in [2.75, 3.05) is 0 Å². The minimum absolute atomic E-state index is 0.109. The van der Waals surface area contributed by atoms with Crippen LogP contribution in [0.25, 0.3) is 21.7 Å². The summed E-state index contributed by atoms with van der Waals surface area (Å²) in [7, 11) is 0. The number of benzene rings is 3. The highest BCUT2D eigenvalue weighted by atomic mass is 79.9. The summed E-state index contributed by atoms with van der Waals surface area (Å²) >= 11 is 3.46. The smallest absolute Gasteiger partial charge is 0.282 e. The third-order valence-electron chi connectivity index (χ3n) is 4.60. The van der Waals surface area contributed by atoms with Crippen LogP contribution >= 0.6 is 15.9 Å². The molecule has 3 aromatic carbocycles. The summed E-state index contributed by atoms with van der Waals surface area (Å²) < 4.78 is 2.29. The van der Waals surface area contributed by atoms with E-state index in [0.29, 0.717) is 28.7 Å².